The van der Waals surface area contributed by atoms with Gasteiger partial charge in [0.25, 0.3) is 0 Å². The molecule has 1 aromatic rings. The van der Waals surface area contributed by atoms with Crippen molar-refractivity contribution in [1.29, 1.82) is 0 Å². The quantitative estimate of drug-likeness (QED) is 0.375. The number of anilines is 1. The Labute approximate surface area is 156 Å². The molecule has 25 heavy (non-hydrogen) atoms. The molecule has 0 saturated carbocycles. The topological polar surface area (TPSA) is 106 Å². The molecule has 9 heteroatoms. The zero-order valence-electron chi connectivity index (χ0n) is 15.0. The van der Waals surface area contributed by atoms with Crippen LogP contribution in [0.3, 0.4) is 0 Å². The Bertz CT molecular complexity index is 604. The number of ether oxygens (including phenoxy) is 1. The number of alkyl carbamates (subject to hydrolysis) is 1. The van der Waals surface area contributed by atoms with Crippen LogP contribution < -0.4 is 10.6 Å². The van der Waals surface area contributed by atoms with E-state index in [1.165, 1.54) is 6.20 Å². The molecule has 0 fully saturated rings. The van der Waals surface area contributed by atoms with Crippen LogP contribution in [0.15, 0.2) is 16.9 Å². The maximum Gasteiger partial charge on any atom is 0.407 e. The fraction of sp³-hybridized carbons (Fsp3) is 0.625. The molecule has 0 saturated heterocycles. The molecule has 2 N–H and O–H groups in total. The highest BCUT2D eigenvalue weighted by molar-refractivity contribution is 9.10. The summed E-state index contributed by atoms with van der Waals surface area (Å²) in [6.07, 6.45) is 2.40. The van der Waals surface area contributed by atoms with E-state index < -0.39 is 16.6 Å². The normalized spacial score (nSPS) is 12.4. The SMILES string of the molecule is CCC(CCNC(=O)OC(C)(C)C)CNc1cc(Br)ncc1[N+](=O)[O-]. The number of nitro groups is 1. The number of amides is 1. The standard InChI is InChI=1S/C16H25BrN4O4/c1-5-11(6-7-18-15(22)25-16(2,3)4)9-19-12-8-14(17)20-10-13(12)21(23)24/h8,10-11H,5-7,9H2,1-4H3,(H,18,22)(H,19,20). The third kappa shape index (κ3) is 8.15. The lowest BCUT2D eigenvalue weighted by molar-refractivity contribution is -0.384. The molecule has 0 spiro atoms. The minimum atomic E-state index is -0.524. The number of carbonyl (C=O) groups is 1. The molecule has 1 rings (SSSR count). The lowest BCUT2D eigenvalue weighted by atomic mass is 10.0. The Morgan fingerprint density at radius 1 is 1.48 bits per heavy atom. The smallest absolute Gasteiger partial charge is 0.407 e. The Morgan fingerprint density at radius 2 is 2.16 bits per heavy atom. The first-order valence-corrected chi connectivity index (χ1v) is 8.92. The van der Waals surface area contributed by atoms with Crippen LogP contribution in [0, 0.1) is 16.0 Å². The van der Waals surface area contributed by atoms with Crippen LogP contribution in [0.25, 0.3) is 0 Å². The van der Waals surface area contributed by atoms with Crippen LogP contribution in [-0.4, -0.2) is 34.7 Å². The van der Waals surface area contributed by atoms with E-state index in [2.05, 4.69) is 31.5 Å². The molecule has 1 atom stereocenters. The first kappa shape index (κ1) is 21.1. The van der Waals surface area contributed by atoms with Gasteiger partial charge in [-0.05, 0) is 49.0 Å². The van der Waals surface area contributed by atoms with Crippen LogP contribution in [0.1, 0.15) is 40.5 Å². The van der Waals surface area contributed by atoms with Gasteiger partial charge in [0.1, 0.15) is 22.1 Å². The second-order valence-corrected chi connectivity index (χ2v) is 7.47. The lowest BCUT2D eigenvalue weighted by Gasteiger charge is -2.21. The number of pyridine rings is 1. The van der Waals surface area contributed by atoms with Crippen LogP contribution in [-0.2, 0) is 4.74 Å². The van der Waals surface area contributed by atoms with Crippen LogP contribution >= 0.6 is 15.9 Å². The van der Waals surface area contributed by atoms with Gasteiger partial charge in [0.15, 0.2) is 0 Å². The van der Waals surface area contributed by atoms with Gasteiger partial charge in [-0.1, -0.05) is 13.3 Å². The van der Waals surface area contributed by atoms with Gasteiger partial charge < -0.3 is 15.4 Å². The number of halogens is 1. The van der Waals surface area contributed by atoms with Crippen molar-refractivity contribution in [2.45, 2.75) is 46.1 Å². The molecule has 0 radical (unpaired) electrons. The van der Waals surface area contributed by atoms with Gasteiger partial charge in [-0.15, -0.1) is 0 Å². The highest BCUT2D eigenvalue weighted by Crippen LogP contribution is 2.26. The molecule has 1 unspecified atom stereocenters. The van der Waals surface area contributed by atoms with Gasteiger partial charge in [-0.2, -0.15) is 0 Å². The number of rotatable bonds is 8. The van der Waals surface area contributed by atoms with Gasteiger partial charge in [0.05, 0.1) is 4.92 Å². The van der Waals surface area contributed by atoms with Crippen LogP contribution in [0.4, 0.5) is 16.2 Å². The summed E-state index contributed by atoms with van der Waals surface area (Å²) in [7, 11) is 0. The van der Waals surface area contributed by atoms with Crippen molar-refractivity contribution in [3.05, 3.63) is 27.0 Å². The van der Waals surface area contributed by atoms with Gasteiger partial charge in [-0.25, -0.2) is 9.78 Å². The molecular weight excluding hydrogens is 392 g/mol. The molecule has 0 aromatic carbocycles. The number of carbonyl (C=O) groups excluding carboxylic acids is 1. The molecule has 1 heterocycles. The summed E-state index contributed by atoms with van der Waals surface area (Å²) in [6.45, 7) is 8.51. The Kier molecular flexibility index (Phi) is 8.08. The van der Waals surface area contributed by atoms with Gasteiger partial charge in [-0.3, -0.25) is 10.1 Å². The number of nitrogens with one attached hydrogen (secondary N) is 2. The minimum absolute atomic E-state index is 0.0649. The highest BCUT2D eigenvalue weighted by atomic mass is 79.9. The van der Waals surface area contributed by atoms with E-state index in [1.54, 1.807) is 6.07 Å². The van der Waals surface area contributed by atoms with Crippen LogP contribution in [0.2, 0.25) is 0 Å². The number of aromatic nitrogens is 1. The number of hydrogen-bond donors (Lipinski definition) is 2. The summed E-state index contributed by atoms with van der Waals surface area (Å²) in [5.41, 5.74) is -0.168. The Balaban J connectivity index is 2.51. The summed E-state index contributed by atoms with van der Waals surface area (Å²) in [4.78, 5) is 26.1. The lowest BCUT2D eigenvalue weighted by Crippen LogP contribution is -2.34. The van der Waals surface area contributed by atoms with Crippen molar-refractivity contribution < 1.29 is 14.5 Å². The van der Waals surface area contributed by atoms with Crippen LogP contribution in [0.5, 0.6) is 0 Å². The molecule has 0 bridgehead atoms. The Hall–Kier alpha value is -1.90. The maximum absolute atomic E-state index is 11.6. The van der Waals surface area contributed by atoms with Crippen molar-refractivity contribution in [1.82, 2.24) is 10.3 Å². The second kappa shape index (κ2) is 9.55. The predicted molar refractivity (Wildman–Crippen MR) is 99.7 cm³/mol. The van der Waals surface area contributed by atoms with Crippen molar-refractivity contribution in [2.24, 2.45) is 5.92 Å². The average Bonchev–Trinajstić information content (AvgIpc) is 2.48. The molecule has 1 amide bonds. The highest BCUT2D eigenvalue weighted by Gasteiger charge is 2.18. The predicted octanol–water partition coefficient (Wildman–Crippen LogP) is 4.11. The van der Waals surface area contributed by atoms with Crippen molar-refractivity contribution >= 4 is 33.4 Å². The fourth-order valence-electron chi connectivity index (χ4n) is 2.11. The number of nitrogens with zero attached hydrogens (tertiary/aromatic N) is 2. The molecule has 1 aromatic heterocycles. The van der Waals surface area contributed by atoms with Crippen molar-refractivity contribution in [3.8, 4) is 0 Å². The van der Waals surface area contributed by atoms with E-state index in [0.717, 1.165) is 12.8 Å². The van der Waals surface area contributed by atoms with E-state index in [1.807, 2.05) is 27.7 Å². The van der Waals surface area contributed by atoms with Gasteiger partial charge in [0.2, 0.25) is 0 Å². The van der Waals surface area contributed by atoms with Gasteiger partial charge >= 0.3 is 11.8 Å². The van der Waals surface area contributed by atoms with Crippen molar-refractivity contribution in [3.63, 3.8) is 0 Å². The fourth-order valence-corrected chi connectivity index (χ4v) is 2.44. The summed E-state index contributed by atoms with van der Waals surface area (Å²) >= 11 is 3.22. The average molecular weight is 417 g/mol. The minimum Gasteiger partial charge on any atom is -0.444 e. The van der Waals surface area contributed by atoms with E-state index in [0.29, 0.717) is 23.4 Å². The van der Waals surface area contributed by atoms with Gasteiger partial charge in [0, 0.05) is 19.2 Å². The molecule has 0 aliphatic rings. The first-order valence-electron chi connectivity index (χ1n) is 8.13. The summed E-state index contributed by atoms with van der Waals surface area (Å²) < 4.78 is 5.71. The summed E-state index contributed by atoms with van der Waals surface area (Å²) in [6, 6.07) is 1.59. The maximum atomic E-state index is 11.6. The van der Waals surface area contributed by atoms with E-state index in [-0.39, 0.29) is 11.6 Å². The monoisotopic (exact) mass is 416 g/mol. The zero-order valence-corrected chi connectivity index (χ0v) is 16.6. The first-order chi connectivity index (χ1) is 11.6. The third-order valence-electron chi connectivity index (χ3n) is 3.43. The van der Waals surface area contributed by atoms with Crippen molar-refractivity contribution in [2.75, 3.05) is 18.4 Å². The largest absolute Gasteiger partial charge is 0.444 e. The van der Waals surface area contributed by atoms with E-state index in [9.17, 15) is 14.9 Å². The third-order valence-corrected chi connectivity index (χ3v) is 3.86. The summed E-state index contributed by atoms with van der Waals surface area (Å²) in [5.74, 6) is 0.251. The number of hydrogen-bond acceptors (Lipinski definition) is 6. The summed E-state index contributed by atoms with van der Waals surface area (Å²) in [5, 5.41) is 16.9. The zero-order chi connectivity index (χ0) is 19.0. The van der Waals surface area contributed by atoms with E-state index in [4.69, 9.17) is 4.74 Å². The molecular formula is C16H25BrN4O4. The second-order valence-electron chi connectivity index (χ2n) is 6.65. The molecule has 0 aliphatic carbocycles. The van der Waals surface area contributed by atoms with E-state index >= 15 is 0 Å². The Morgan fingerprint density at radius 3 is 2.72 bits per heavy atom. The molecule has 0 aliphatic heterocycles. The molecule has 140 valence electrons. The molecule has 8 nitrogen and oxygen atoms in total.